The Morgan fingerprint density at radius 1 is 0.925 bits per heavy atom. The highest BCUT2D eigenvalue weighted by Crippen LogP contribution is 2.33. The molecule has 0 saturated heterocycles. The summed E-state index contributed by atoms with van der Waals surface area (Å²) in [6, 6.07) is 17.6. The Balaban J connectivity index is 0.000000222. The molecule has 2 aliphatic heterocycles. The molecule has 9 heteroatoms. The third-order valence-electron chi connectivity index (χ3n) is 7.02. The number of amides is 2. The van der Waals surface area contributed by atoms with Crippen LogP contribution in [-0.4, -0.2) is 59.1 Å². The molecule has 3 aromatic carbocycles. The van der Waals surface area contributed by atoms with Crippen LogP contribution in [0.15, 0.2) is 59.1 Å². The van der Waals surface area contributed by atoms with E-state index >= 15 is 0 Å². The van der Waals surface area contributed by atoms with Gasteiger partial charge in [-0.1, -0.05) is 22.0 Å². The molecule has 5 rings (SSSR count). The van der Waals surface area contributed by atoms with E-state index in [1.165, 1.54) is 6.92 Å². The van der Waals surface area contributed by atoms with Gasteiger partial charge < -0.3 is 24.8 Å². The maximum atomic E-state index is 13.1. The first-order valence-electron chi connectivity index (χ1n) is 13.2. The molecule has 0 aromatic heterocycles. The van der Waals surface area contributed by atoms with Gasteiger partial charge in [-0.3, -0.25) is 14.4 Å². The largest absolute Gasteiger partial charge is 0.461 e. The molecule has 0 aliphatic carbocycles. The number of nitrogens with zero attached hydrogens (tertiary/aromatic N) is 3. The molecule has 0 atom stereocenters. The molecule has 0 saturated carbocycles. The van der Waals surface area contributed by atoms with E-state index in [0.29, 0.717) is 6.54 Å². The van der Waals surface area contributed by atoms with Crippen LogP contribution in [0.4, 0.5) is 17.1 Å². The minimum absolute atomic E-state index is 0.0290. The molecule has 2 aliphatic rings. The second-order valence-electron chi connectivity index (χ2n) is 10.2. The lowest BCUT2D eigenvalue weighted by molar-refractivity contribution is -0.142. The molecule has 40 heavy (non-hydrogen) atoms. The average molecular weight is 608 g/mol. The van der Waals surface area contributed by atoms with Crippen LogP contribution in [0.1, 0.15) is 44.3 Å². The van der Waals surface area contributed by atoms with E-state index < -0.39 is 0 Å². The second-order valence-corrected chi connectivity index (χ2v) is 11.1. The fourth-order valence-corrected chi connectivity index (χ4v) is 5.26. The maximum Gasteiger partial charge on any atom is 0.302 e. The van der Waals surface area contributed by atoms with Gasteiger partial charge in [0.2, 0.25) is 0 Å². The van der Waals surface area contributed by atoms with Crippen LogP contribution < -0.4 is 20.0 Å². The van der Waals surface area contributed by atoms with Crippen molar-refractivity contribution in [2.45, 2.75) is 26.4 Å². The van der Waals surface area contributed by atoms with Crippen LogP contribution >= 0.6 is 15.9 Å². The van der Waals surface area contributed by atoms with Crippen molar-refractivity contribution in [1.82, 2.24) is 5.32 Å². The summed E-state index contributed by atoms with van der Waals surface area (Å²) in [5.74, 6) is -0.325. The van der Waals surface area contributed by atoms with Crippen LogP contribution in [0.25, 0.3) is 0 Å². The lowest BCUT2D eigenvalue weighted by Crippen LogP contribution is -2.38. The highest BCUT2D eigenvalue weighted by atomic mass is 79.9. The standard InChI is InChI=1S/C20H21BrN2O3.C11H14N2O/c1-13(24)26-12-17-18(21)5-4-6-19(17)23-10-9-14-11-15(22(2)3)7-8-16(14)20(23)25;1-13(2)9-3-4-10-8(7-9)5-6-12-11(10)14/h4-8,11H,9-10,12H2,1-3H3;3-4,7H,5-6H2,1-2H3,(H,12,14). The Morgan fingerprint density at radius 3 is 2.17 bits per heavy atom. The summed E-state index contributed by atoms with van der Waals surface area (Å²) < 4.78 is 5.99. The predicted octanol–water partition coefficient (Wildman–Crippen LogP) is 4.82. The van der Waals surface area contributed by atoms with Gasteiger partial charge in [0.25, 0.3) is 11.8 Å². The molecular formula is C31H35BrN4O4. The number of anilines is 3. The number of hydrogen-bond acceptors (Lipinski definition) is 6. The van der Waals surface area contributed by atoms with E-state index in [9.17, 15) is 14.4 Å². The molecule has 0 radical (unpaired) electrons. The van der Waals surface area contributed by atoms with Gasteiger partial charge in [-0.2, -0.15) is 0 Å². The number of esters is 1. The Labute approximate surface area is 244 Å². The Hall–Kier alpha value is -3.85. The highest BCUT2D eigenvalue weighted by Gasteiger charge is 2.28. The lowest BCUT2D eigenvalue weighted by atomic mass is 9.97. The van der Waals surface area contributed by atoms with Crippen LogP contribution in [-0.2, 0) is 29.0 Å². The molecule has 0 fully saturated rings. The summed E-state index contributed by atoms with van der Waals surface area (Å²) >= 11 is 3.51. The second kappa shape index (κ2) is 12.6. The van der Waals surface area contributed by atoms with Gasteiger partial charge in [-0.15, -0.1) is 0 Å². The molecular weight excluding hydrogens is 572 g/mol. The van der Waals surface area contributed by atoms with Crippen molar-refractivity contribution < 1.29 is 19.1 Å². The van der Waals surface area contributed by atoms with E-state index in [1.54, 1.807) is 4.90 Å². The normalized spacial score (nSPS) is 13.8. The highest BCUT2D eigenvalue weighted by molar-refractivity contribution is 9.10. The molecule has 2 amide bonds. The Morgan fingerprint density at radius 2 is 1.55 bits per heavy atom. The number of carbonyl (C=O) groups excluding carboxylic acids is 3. The summed E-state index contributed by atoms with van der Waals surface area (Å²) in [5.41, 5.74) is 7.56. The minimum Gasteiger partial charge on any atom is -0.461 e. The van der Waals surface area contributed by atoms with Crippen molar-refractivity contribution >= 4 is 50.8 Å². The van der Waals surface area contributed by atoms with Crippen LogP contribution in [0, 0.1) is 0 Å². The van der Waals surface area contributed by atoms with Crippen LogP contribution in [0.2, 0.25) is 0 Å². The van der Waals surface area contributed by atoms with Crippen molar-refractivity contribution in [3.05, 3.63) is 86.9 Å². The average Bonchev–Trinajstić information content (AvgIpc) is 2.92. The smallest absolute Gasteiger partial charge is 0.302 e. The van der Waals surface area contributed by atoms with Crippen molar-refractivity contribution in [3.63, 3.8) is 0 Å². The van der Waals surface area contributed by atoms with E-state index in [0.717, 1.165) is 68.7 Å². The van der Waals surface area contributed by atoms with E-state index in [-0.39, 0.29) is 24.4 Å². The summed E-state index contributed by atoms with van der Waals surface area (Å²) in [4.78, 5) is 41.6. The van der Waals surface area contributed by atoms with Gasteiger partial charge in [0.15, 0.2) is 0 Å². The molecule has 3 aromatic rings. The number of ether oxygens (including phenoxy) is 1. The first-order valence-corrected chi connectivity index (χ1v) is 14.0. The van der Waals surface area contributed by atoms with Crippen molar-refractivity contribution in [3.8, 4) is 0 Å². The zero-order chi connectivity index (χ0) is 29.0. The van der Waals surface area contributed by atoms with Gasteiger partial charge in [-0.05, 0) is 72.5 Å². The molecule has 0 spiro atoms. The lowest BCUT2D eigenvalue weighted by Gasteiger charge is -2.31. The number of fused-ring (bicyclic) bond motifs is 2. The summed E-state index contributed by atoms with van der Waals surface area (Å²) in [5, 5.41) is 2.83. The van der Waals surface area contributed by atoms with Gasteiger partial charge in [-0.25, -0.2) is 0 Å². The summed E-state index contributed by atoms with van der Waals surface area (Å²) in [7, 11) is 7.98. The number of benzene rings is 3. The van der Waals surface area contributed by atoms with E-state index in [1.807, 2.05) is 80.5 Å². The van der Waals surface area contributed by atoms with E-state index in [2.05, 4.69) is 33.4 Å². The van der Waals surface area contributed by atoms with Gasteiger partial charge in [0.1, 0.15) is 6.61 Å². The molecule has 8 nitrogen and oxygen atoms in total. The molecule has 210 valence electrons. The number of carbonyl (C=O) groups is 3. The van der Waals surface area contributed by atoms with Crippen molar-refractivity contribution in [2.75, 3.05) is 56.0 Å². The monoisotopic (exact) mass is 606 g/mol. The van der Waals surface area contributed by atoms with Crippen molar-refractivity contribution in [2.24, 2.45) is 0 Å². The third-order valence-corrected chi connectivity index (χ3v) is 7.76. The molecule has 1 N–H and O–H groups in total. The fraction of sp³-hybridized carbons (Fsp3) is 0.323. The fourth-order valence-electron chi connectivity index (χ4n) is 4.79. The number of halogens is 1. The number of nitrogens with one attached hydrogen (secondary N) is 1. The number of rotatable bonds is 5. The van der Waals surface area contributed by atoms with Crippen molar-refractivity contribution in [1.29, 1.82) is 0 Å². The van der Waals surface area contributed by atoms with Gasteiger partial charge in [0, 0.05) is 80.7 Å². The van der Waals surface area contributed by atoms with Gasteiger partial charge >= 0.3 is 5.97 Å². The van der Waals surface area contributed by atoms with Crippen LogP contribution in [0.3, 0.4) is 0 Å². The first kappa shape index (κ1) is 29.1. The first-order chi connectivity index (χ1) is 19.1. The molecule has 0 bridgehead atoms. The van der Waals surface area contributed by atoms with Crippen LogP contribution in [0.5, 0.6) is 0 Å². The SMILES string of the molecule is CC(=O)OCc1c(Br)cccc1N1CCc2cc(N(C)C)ccc2C1=O.CN(C)c1ccc2c(c1)CCNC2=O. The predicted molar refractivity (Wildman–Crippen MR) is 163 cm³/mol. The minimum atomic E-state index is -0.349. The zero-order valence-electron chi connectivity index (χ0n) is 23.6. The topological polar surface area (TPSA) is 82.2 Å². The quantitative estimate of drug-likeness (QED) is 0.419. The Bertz CT molecular complexity index is 1440. The zero-order valence-corrected chi connectivity index (χ0v) is 25.2. The Kier molecular flexibility index (Phi) is 9.14. The van der Waals surface area contributed by atoms with Gasteiger partial charge in [0.05, 0.1) is 5.69 Å². The maximum absolute atomic E-state index is 13.1. The third kappa shape index (κ3) is 6.47. The number of hydrogen-bond donors (Lipinski definition) is 1. The molecule has 0 unspecified atom stereocenters. The molecule has 2 heterocycles. The summed E-state index contributed by atoms with van der Waals surface area (Å²) in [6.45, 7) is 2.85. The van der Waals surface area contributed by atoms with E-state index in [4.69, 9.17) is 4.74 Å². The summed E-state index contributed by atoms with van der Waals surface area (Å²) in [6.07, 6.45) is 1.71.